The van der Waals surface area contributed by atoms with E-state index < -0.39 is 24.6 Å². The summed E-state index contributed by atoms with van der Waals surface area (Å²) in [6.07, 6.45) is 2.19. The van der Waals surface area contributed by atoms with Crippen LogP contribution in [0.2, 0.25) is 0 Å². The quantitative estimate of drug-likeness (QED) is 0.374. The molecule has 0 spiro atoms. The number of carbonyl (C=O) groups is 2. The van der Waals surface area contributed by atoms with Gasteiger partial charge in [-0.25, -0.2) is 14.6 Å². The Hall–Kier alpha value is -3.70. The van der Waals surface area contributed by atoms with Crippen molar-refractivity contribution in [2.24, 2.45) is 4.99 Å². The molecule has 0 saturated carbocycles. The normalized spacial score (nSPS) is 15.1. The Labute approximate surface area is 230 Å². The number of rotatable bonds is 9. The molecule has 0 saturated heterocycles. The van der Waals surface area contributed by atoms with Crippen molar-refractivity contribution in [3.05, 3.63) is 89.0 Å². The summed E-state index contributed by atoms with van der Waals surface area (Å²) in [5.41, 5.74) is 2.00. The van der Waals surface area contributed by atoms with E-state index in [-0.39, 0.29) is 11.3 Å². The summed E-state index contributed by atoms with van der Waals surface area (Å²) in [4.78, 5) is 42.8. The van der Waals surface area contributed by atoms with Gasteiger partial charge in [-0.3, -0.25) is 9.36 Å². The topological polar surface area (TPSA) is 116 Å². The van der Waals surface area contributed by atoms with Gasteiger partial charge in [-0.15, -0.1) is 0 Å². The maximum absolute atomic E-state index is 13.8. The van der Waals surface area contributed by atoms with Gasteiger partial charge in [0.05, 0.1) is 40.0 Å². The van der Waals surface area contributed by atoms with E-state index in [1.807, 2.05) is 37.3 Å². The zero-order valence-corrected chi connectivity index (χ0v) is 23.3. The van der Waals surface area contributed by atoms with Gasteiger partial charge in [0, 0.05) is 0 Å². The van der Waals surface area contributed by atoms with Gasteiger partial charge < -0.3 is 19.3 Å². The lowest BCUT2D eigenvalue weighted by molar-refractivity contribution is -0.139. The Balaban J connectivity index is 1.90. The van der Waals surface area contributed by atoms with Crippen molar-refractivity contribution >= 4 is 45.3 Å². The van der Waals surface area contributed by atoms with Crippen molar-refractivity contribution < 1.29 is 28.9 Å². The third kappa shape index (κ3) is 5.44. The van der Waals surface area contributed by atoms with Crippen LogP contribution < -0.4 is 24.4 Å². The Morgan fingerprint density at radius 1 is 1.18 bits per heavy atom. The third-order valence-electron chi connectivity index (χ3n) is 5.74. The smallest absolute Gasteiger partial charge is 0.341 e. The molecular weight excluding hydrogens is 576 g/mol. The number of carboxylic acids is 1. The molecule has 3 aromatic rings. The van der Waals surface area contributed by atoms with Gasteiger partial charge in [0.25, 0.3) is 5.56 Å². The lowest BCUT2D eigenvalue weighted by Crippen LogP contribution is -2.40. The number of methoxy groups -OCH3 is 1. The predicted molar refractivity (Wildman–Crippen MR) is 145 cm³/mol. The summed E-state index contributed by atoms with van der Waals surface area (Å²) >= 11 is 4.64. The average Bonchev–Trinajstić information content (AvgIpc) is 3.21. The van der Waals surface area contributed by atoms with Crippen LogP contribution in [0.5, 0.6) is 11.5 Å². The van der Waals surface area contributed by atoms with Crippen molar-refractivity contribution in [1.82, 2.24) is 4.57 Å². The molecule has 198 valence electrons. The summed E-state index contributed by atoms with van der Waals surface area (Å²) in [6, 6.07) is 12.0. The van der Waals surface area contributed by atoms with E-state index in [1.165, 1.54) is 23.0 Å². The zero-order valence-electron chi connectivity index (χ0n) is 20.9. The summed E-state index contributed by atoms with van der Waals surface area (Å²) < 4.78 is 18.6. The number of hydrogen-bond acceptors (Lipinski definition) is 8. The zero-order chi connectivity index (χ0) is 27.4. The number of benzene rings is 2. The van der Waals surface area contributed by atoms with Gasteiger partial charge in [-0.2, -0.15) is 0 Å². The first-order valence-corrected chi connectivity index (χ1v) is 13.4. The first-order valence-electron chi connectivity index (χ1n) is 11.8. The van der Waals surface area contributed by atoms with Gasteiger partial charge in [-0.05, 0) is 58.6 Å². The van der Waals surface area contributed by atoms with Crippen molar-refractivity contribution in [1.29, 1.82) is 0 Å². The highest BCUT2D eigenvalue weighted by atomic mass is 79.9. The molecule has 11 heteroatoms. The number of carbonyl (C=O) groups excluding carboxylic acids is 1. The first-order chi connectivity index (χ1) is 18.3. The first kappa shape index (κ1) is 27.3. The molecule has 4 rings (SSSR count). The maximum atomic E-state index is 13.8. The fourth-order valence-electron chi connectivity index (χ4n) is 4.17. The minimum Gasteiger partial charge on any atom is -0.490 e. The minimum atomic E-state index is -1.12. The van der Waals surface area contributed by atoms with Gasteiger partial charge >= 0.3 is 11.9 Å². The summed E-state index contributed by atoms with van der Waals surface area (Å²) in [6.45, 7) is 3.50. The number of nitrogens with zero attached hydrogens (tertiary/aromatic N) is 2. The molecule has 0 aliphatic carbocycles. The van der Waals surface area contributed by atoms with Crippen LogP contribution in [0.25, 0.3) is 6.08 Å². The molecular formula is C27H25BrN2O7S. The Morgan fingerprint density at radius 2 is 1.92 bits per heavy atom. The number of esters is 1. The monoisotopic (exact) mass is 600 g/mol. The number of halogens is 1. The fourth-order valence-corrected chi connectivity index (χ4v) is 5.77. The molecule has 0 unspecified atom stereocenters. The van der Waals surface area contributed by atoms with Crippen LogP contribution >= 0.6 is 27.3 Å². The largest absolute Gasteiger partial charge is 0.490 e. The molecule has 1 N–H and O–H groups in total. The molecule has 0 amide bonds. The number of aromatic nitrogens is 1. The minimum absolute atomic E-state index is 0.257. The van der Waals surface area contributed by atoms with E-state index >= 15 is 0 Å². The van der Waals surface area contributed by atoms with Crippen molar-refractivity contribution in [3.63, 3.8) is 0 Å². The summed E-state index contributed by atoms with van der Waals surface area (Å²) in [5.74, 6) is -1.05. The van der Waals surface area contributed by atoms with Crippen LogP contribution in [0, 0.1) is 0 Å². The van der Waals surface area contributed by atoms with Crippen LogP contribution in [0.4, 0.5) is 0 Å². The Morgan fingerprint density at radius 3 is 2.55 bits per heavy atom. The fraction of sp³-hybridized carbons (Fsp3) is 0.259. The van der Waals surface area contributed by atoms with Crippen molar-refractivity contribution in [3.8, 4) is 11.5 Å². The molecule has 0 radical (unpaired) electrons. The lowest BCUT2D eigenvalue weighted by Gasteiger charge is -2.25. The van der Waals surface area contributed by atoms with E-state index in [9.17, 15) is 14.4 Å². The molecule has 0 fully saturated rings. The number of carboxylic acid groups (broad SMARTS) is 1. The highest BCUT2D eigenvalue weighted by Gasteiger charge is 2.33. The molecule has 2 aromatic carbocycles. The highest BCUT2D eigenvalue weighted by Crippen LogP contribution is 2.37. The van der Waals surface area contributed by atoms with Crippen LogP contribution in [0.15, 0.2) is 68.0 Å². The lowest BCUT2D eigenvalue weighted by atomic mass is 9.95. The molecule has 2 heterocycles. The molecule has 1 aliphatic heterocycles. The predicted octanol–water partition coefficient (Wildman–Crippen LogP) is 3.42. The second-order valence-corrected chi connectivity index (χ2v) is 10.0. The number of hydrogen-bond donors (Lipinski definition) is 1. The van der Waals surface area contributed by atoms with Gasteiger partial charge in [-0.1, -0.05) is 48.6 Å². The van der Waals surface area contributed by atoms with Crippen LogP contribution in [0.1, 0.15) is 37.4 Å². The molecule has 9 nitrogen and oxygen atoms in total. The highest BCUT2D eigenvalue weighted by molar-refractivity contribution is 9.10. The van der Waals surface area contributed by atoms with E-state index in [2.05, 4.69) is 20.9 Å². The van der Waals surface area contributed by atoms with Crippen LogP contribution in [-0.2, 0) is 14.3 Å². The molecule has 1 aliphatic rings. The Bertz CT molecular complexity index is 1590. The molecule has 38 heavy (non-hydrogen) atoms. The second kappa shape index (κ2) is 11.8. The van der Waals surface area contributed by atoms with E-state index in [0.29, 0.717) is 49.4 Å². The maximum Gasteiger partial charge on any atom is 0.341 e. The summed E-state index contributed by atoms with van der Waals surface area (Å²) in [5, 5.41) is 8.99. The second-order valence-electron chi connectivity index (χ2n) is 8.14. The molecule has 1 aromatic heterocycles. The third-order valence-corrected chi connectivity index (χ3v) is 7.31. The average molecular weight is 601 g/mol. The molecule has 1 atom stereocenters. The van der Waals surface area contributed by atoms with Crippen LogP contribution in [-0.4, -0.2) is 41.9 Å². The number of ether oxygens (including phenoxy) is 3. The number of aliphatic carboxylic acids is 1. The van der Waals surface area contributed by atoms with Crippen molar-refractivity contribution in [2.75, 3.05) is 20.3 Å². The Kier molecular flexibility index (Phi) is 8.48. The number of allylic oxidation sites excluding steroid dienone is 1. The van der Waals surface area contributed by atoms with E-state index in [0.717, 1.165) is 5.56 Å². The van der Waals surface area contributed by atoms with Gasteiger partial charge in [0.15, 0.2) is 22.9 Å². The number of thiazole rings is 1. The van der Waals surface area contributed by atoms with Crippen LogP contribution in [0.3, 0.4) is 0 Å². The SMILES string of the molecule is CCOc1cc(/C=c2\sc3n(c2=O)[C@@H](c2ccccc2)C(C(=O)OC)=C(CC)N=3)cc(Br)c1OCC(=O)O. The standard InChI is InChI=1S/C27H25BrN2O7S/c1-4-18-22(26(34)35-3)23(16-9-7-6-8-10-16)30-25(33)20(38-27(30)29-18)13-15-11-17(28)24(37-14-21(31)32)19(12-15)36-5-2/h6-13,23H,4-5,14H2,1-3H3,(H,31,32)/b20-13-/t23-/m0/s1. The van der Waals surface area contributed by atoms with Gasteiger partial charge in [0.2, 0.25) is 0 Å². The summed E-state index contributed by atoms with van der Waals surface area (Å²) in [7, 11) is 1.31. The van der Waals surface area contributed by atoms with E-state index in [4.69, 9.17) is 19.3 Å². The van der Waals surface area contributed by atoms with Gasteiger partial charge in [0.1, 0.15) is 0 Å². The molecule has 0 bridgehead atoms. The van der Waals surface area contributed by atoms with Crippen molar-refractivity contribution in [2.45, 2.75) is 26.3 Å². The number of fused-ring (bicyclic) bond motifs is 1. The van der Waals surface area contributed by atoms with E-state index in [1.54, 1.807) is 25.1 Å².